The molecule has 0 aliphatic carbocycles. The van der Waals surface area contributed by atoms with Gasteiger partial charge in [-0.2, -0.15) is 0 Å². The molecule has 2 heterocycles. The van der Waals surface area contributed by atoms with Crippen LogP contribution in [0.3, 0.4) is 0 Å². The van der Waals surface area contributed by atoms with Crippen molar-refractivity contribution in [3.05, 3.63) is 39.7 Å². The van der Waals surface area contributed by atoms with E-state index in [1.807, 2.05) is 30.3 Å². The van der Waals surface area contributed by atoms with E-state index in [1.54, 1.807) is 6.92 Å². The number of nitrogens with zero attached hydrogens (tertiary/aromatic N) is 1. The molecule has 1 saturated heterocycles. The molecule has 3 rings (SSSR count). The Morgan fingerprint density at radius 3 is 2.43 bits per heavy atom. The fraction of sp³-hybridized carbons (Fsp3) is 0.263. The van der Waals surface area contributed by atoms with Crippen molar-refractivity contribution >= 4 is 56.0 Å². The molecular formula is C19H17BrN2O5S. The Morgan fingerprint density at radius 1 is 1.18 bits per heavy atom. The minimum Gasteiger partial charge on any atom is -0.462 e. The van der Waals surface area contributed by atoms with Gasteiger partial charge in [0.2, 0.25) is 17.7 Å². The third kappa shape index (κ3) is 4.15. The topological polar surface area (TPSA) is 92.8 Å². The average Bonchev–Trinajstić information content (AvgIpc) is 3.16. The van der Waals surface area contributed by atoms with E-state index in [1.165, 1.54) is 11.3 Å². The quantitative estimate of drug-likeness (QED) is 0.521. The molecule has 0 unspecified atom stereocenters. The first-order valence-electron chi connectivity index (χ1n) is 8.60. The number of halogens is 1. The molecule has 28 heavy (non-hydrogen) atoms. The van der Waals surface area contributed by atoms with Crippen molar-refractivity contribution in [2.75, 3.05) is 18.5 Å². The van der Waals surface area contributed by atoms with Gasteiger partial charge in [0.05, 0.1) is 10.4 Å². The summed E-state index contributed by atoms with van der Waals surface area (Å²) in [5.74, 6) is -1.86. The van der Waals surface area contributed by atoms with Gasteiger partial charge in [-0.1, -0.05) is 30.3 Å². The number of ether oxygens (including phenoxy) is 1. The maximum Gasteiger partial charge on any atom is 0.341 e. The Balaban J connectivity index is 1.92. The summed E-state index contributed by atoms with van der Waals surface area (Å²) in [7, 11) is 0. The van der Waals surface area contributed by atoms with Crippen LogP contribution in [0.1, 0.15) is 30.1 Å². The molecule has 1 fully saturated rings. The zero-order valence-corrected chi connectivity index (χ0v) is 17.4. The van der Waals surface area contributed by atoms with Gasteiger partial charge in [0.15, 0.2) is 0 Å². The number of carbonyl (C=O) groups excluding carboxylic acids is 4. The number of nitrogens with one attached hydrogen (secondary N) is 1. The Morgan fingerprint density at radius 2 is 1.82 bits per heavy atom. The van der Waals surface area contributed by atoms with Gasteiger partial charge in [-0.25, -0.2) is 4.79 Å². The summed E-state index contributed by atoms with van der Waals surface area (Å²) in [6, 6.07) is 9.25. The van der Waals surface area contributed by atoms with Crippen molar-refractivity contribution in [1.82, 2.24) is 4.90 Å². The zero-order valence-electron chi connectivity index (χ0n) is 15.0. The van der Waals surface area contributed by atoms with Crippen LogP contribution < -0.4 is 5.32 Å². The lowest BCUT2D eigenvalue weighted by atomic mass is 10.0. The van der Waals surface area contributed by atoms with Crippen molar-refractivity contribution < 1.29 is 23.9 Å². The smallest absolute Gasteiger partial charge is 0.341 e. The van der Waals surface area contributed by atoms with Crippen LogP contribution in [0.2, 0.25) is 0 Å². The molecule has 1 aromatic heterocycles. The number of likely N-dealkylation sites (tertiary alicyclic amines) is 1. The number of rotatable bonds is 6. The molecule has 1 aliphatic heterocycles. The number of imide groups is 1. The Labute approximate surface area is 173 Å². The molecule has 1 aromatic carbocycles. The Bertz CT molecular complexity index is 925. The fourth-order valence-corrected chi connectivity index (χ4v) is 4.73. The third-order valence-corrected chi connectivity index (χ3v) is 5.89. The molecule has 1 N–H and O–H groups in total. The van der Waals surface area contributed by atoms with Crippen LogP contribution in [-0.2, 0) is 19.1 Å². The fourth-order valence-electron chi connectivity index (χ4n) is 2.86. The number of thiophene rings is 1. The largest absolute Gasteiger partial charge is 0.462 e. The van der Waals surface area contributed by atoms with E-state index in [2.05, 4.69) is 21.2 Å². The van der Waals surface area contributed by atoms with Crippen molar-refractivity contribution in [3.8, 4) is 11.1 Å². The average molecular weight is 465 g/mol. The molecule has 1 aliphatic rings. The summed E-state index contributed by atoms with van der Waals surface area (Å²) in [5.41, 5.74) is 1.64. The van der Waals surface area contributed by atoms with Gasteiger partial charge in [0.25, 0.3) is 0 Å². The number of carbonyl (C=O) groups is 4. The first kappa shape index (κ1) is 20.2. The number of esters is 1. The number of benzene rings is 1. The highest BCUT2D eigenvalue weighted by molar-refractivity contribution is 9.11. The minimum absolute atomic E-state index is 0.114. The highest BCUT2D eigenvalue weighted by atomic mass is 79.9. The molecule has 0 spiro atoms. The van der Waals surface area contributed by atoms with E-state index < -0.39 is 11.9 Å². The molecule has 0 bridgehead atoms. The highest BCUT2D eigenvalue weighted by Gasteiger charge is 2.32. The second-order valence-corrected chi connectivity index (χ2v) is 8.30. The van der Waals surface area contributed by atoms with E-state index >= 15 is 0 Å². The van der Waals surface area contributed by atoms with Crippen LogP contribution in [0.15, 0.2) is 34.1 Å². The SMILES string of the molecule is CCOC(=O)c1c(NC(=O)CN2C(=O)CCC2=O)sc(Br)c1-c1ccccc1. The van der Waals surface area contributed by atoms with Crippen LogP contribution in [-0.4, -0.2) is 41.7 Å². The molecule has 0 saturated carbocycles. The van der Waals surface area contributed by atoms with E-state index in [0.29, 0.717) is 14.4 Å². The van der Waals surface area contributed by atoms with Gasteiger partial charge in [-0.15, -0.1) is 11.3 Å². The lowest BCUT2D eigenvalue weighted by Crippen LogP contribution is -2.36. The molecular weight excluding hydrogens is 448 g/mol. The molecule has 0 atom stereocenters. The summed E-state index contributed by atoms with van der Waals surface area (Å²) in [5, 5.41) is 2.95. The number of hydrogen-bond donors (Lipinski definition) is 1. The van der Waals surface area contributed by atoms with Crippen LogP contribution in [0.5, 0.6) is 0 Å². The number of hydrogen-bond acceptors (Lipinski definition) is 6. The maximum atomic E-state index is 12.6. The van der Waals surface area contributed by atoms with E-state index in [9.17, 15) is 19.2 Å². The molecule has 7 nitrogen and oxygen atoms in total. The van der Waals surface area contributed by atoms with Gasteiger partial charge < -0.3 is 10.1 Å². The van der Waals surface area contributed by atoms with Gasteiger partial charge >= 0.3 is 5.97 Å². The molecule has 146 valence electrons. The second kappa shape index (κ2) is 8.66. The van der Waals surface area contributed by atoms with Crippen molar-refractivity contribution in [3.63, 3.8) is 0 Å². The van der Waals surface area contributed by atoms with Crippen LogP contribution in [0.4, 0.5) is 5.00 Å². The number of amides is 3. The zero-order chi connectivity index (χ0) is 20.3. The van der Waals surface area contributed by atoms with Gasteiger partial charge in [0, 0.05) is 18.4 Å². The van der Waals surface area contributed by atoms with Gasteiger partial charge in [-0.3, -0.25) is 19.3 Å². The molecule has 0 radical (unpaired) electrons. The standard InChI is InChI=1S/C19H17BrN2O5S/c1-2-27-19(26)16-15(11-6-4-3-5-7-11)17(20)28-18(16)21-12(23)10-22-13(24)8-9-14(22)25/h3-7H,2,8-10H2,1H3,(H,21,23). The third-order valence-electron chi connectivity index (χ3n) is 4.12. The normalized spacial score (nSPS) is 13.7. The molecule has 2 aromatic rings. The molecule has 9 heteroatoms. The van der Waals surface area contributed by atoms with E-state index in [0.717, 1.165) is 10.5 Å². The highest BCUT2D eigenvalue weighted by Crippen LogP contribution is 2.44. The summed E-state index contributed by atoms with van der Waals surface area (Å²) in [4.78, 5) is 49.4. The Kier molecular flexibility index (Phi) is 6.25. The summed E-state index contributed by atoms with van der Waals surface area (Å²) >= 11 is 4.64. The van der Waals surface area contributed by atoms with Crippen LogP contribution in [0, 0.1) is 0 Å². The van der Waals surface area contributed by atoms with Crippen molar-refractivity contribution in [2.45, 2.75) is 19.8 Å². The summed E-state index contributed by atoms with van der Waals surface area (Å²) in [6.45, 7) is 1.51. The Hall–Kier alpha value is -2.52. The van der Waals surface area contributed by atoms with Gasteiger partial charge in [-0.05, 0) is 28.4 Å². The first-order chi connectivity index (χ1) is 13.4. The first-order valence-corrected chi connectivity index (χ1v) is 10.2. The van der Waals surface area contributed by atoms with Crippen LogP contribution in [0.25, 0.3) is 11.1 Å². The lowest BCUT2D eigenvalue weighted by Gasteiger charge is -2.13. The molecule has 3 amide bonds. The second-order valence-electron chi connectivity index (χ2n) is 5.96. The van der Waals surface area contributed by atoms with Crippen molar-refractivity contribution in [2.24, 2.45) is 0 Å². The van der Waals surface area contributed by atoms with Gasteiger partial charge in [0.1, 0.15) is 17.1 Å². The predicted octanol–water partition coefficient (Wildman–Crippen LogP) is 3.44. The minimum atomic E-state index is -0.563. The van der Waals surface area contributed by atoms with E-state index in [-0.39, 0.29) is 43.4 Å². The maximum absolute atomic E-state index is 12.6. The predicted molar refractivity (Wildman–Crippen MR) is 108 cm³/mol. The van der Waals surface area contributed by atoms with Crippen LogP contribution >= 0.6 is 27.3 Å². The summed E-state index contributed by atoms with van der Waals surface area (Å²) < 4.78 is 5.83. The summed E-state index contributed by atoms with van der Waals surface area (Å²) in [6.07, 6.45) is 0.228. The number of anilines is 1. The van der Waals surface area contributed by atoms with E-state index in [4.69, 9.17) is 4.74 Å². The monoisotopic (exact) mass is 464 g/mol. The van der Waals surface area contributed by atoms with Crippen molar-refractivity contribution in [1.29, 1.82) is 0 Å². The lowest BCUT2D eigenvalue weighted by molar-refractivity contribution is -0.141.